The molecule has 5 nitrogen and oxygen atoms in total. The molecule has 0 radical (unpaired) electrons. The molecule has 0 bridgehead atoms. The zero-order valence-corrected chi connectivity index (χ0v) is 16.7. The average Bonchev–Trinajstić information content (AvgIpc) is 2.69. The van der Waals surface area contributed by atoms with Crippen LogP contribution in [0.2, 0.25) is 5.02 Å². The molecule has 0 aliphatic heterocycles. The summed E-state index contributed by atoms with van der Waals surface area (Å²) in [6, 6.07) is 20.2. The van der Waals surface area contributed by atoms with Gasteiger partial charge in [0.1, 0.15) is 0 Å². The van der Waals surface area contributed by atoms with Crippen molar-refractivity contribution in [3.05, 3.63) is 94.5 Å². The smallest absolute Gasteiger partial charge is 0.261 e. The molecule has 3 aromatic rings. The first-order valence-corrected chi connectivity index (χ1v) is 10.4. The van der Waals surface area contributed by atoms with Gasteiger partial charge in [0, 0.05) is 12.1 Å². The second kappa shape index (κ2) is 8.46. The Kier molecular flexibility index (Phi) is 6.02. The van der Waals surface area contributed by atoms with Gasteiger partial charge in [0.05, 0.1) is 15.6 Å². The molecule has 144 valence electrons. The quantitative estimate of drug-likeness (QED) is 0.628. The summed E-state index contributed by atoms with van der Waals surface area (Å²) in [7, 11) is -3.80. The van der Waals surface area contributed by atoms with Gasteiger partial charge in [-0.15, -0.1) is 0 Å². The van der Waals surface area contributed by atoms with E-state index in [1.54, 1.807) is 24.3 Å². The van der Waals surface area contributed by atoms with Crippen molar-refractivity contribution in [1.82, 2.24) is 5.32 Å². The number of anilines is 1. The molecule has 2 N–H and O–H groups in total. The minimum absolute atomic E-state index is 0.0440. The van der Waals surface area contributed by atoms with Crippen molar-refractivity contribution in [1.29, 1.82) is 0 Å². The number of hydrogen-bond donors (Lipinski definition) is 2. The summed E-state index contributed by atoms with van der Waals surface area (Å²) in [5.41, 5.74) is 2.81. The molecule has 1 amide bonds. The summed E-state index contributed by atoms with van der Waals surface area (Å²) in [6.45, 7) is 2.39. The maximum absolute atomic E-state index is 12.5. The lowest BCUT2D eigenvalue weighted by atomic mass is 10.1. The lowest BCUT2D eigenvalue weighted by molar-refractivity contribution is 0.0951. The average molecular weight is 415 g/mol. The van der Waals surface area contributed by atoms with Crippen LogP contribution in [0.25, 0.3) is 0 Å². The second-order valence-electron chi connectivity index (χ2n) is 6.28. The molecule has 0 unspecified atom stereocenters. The van der Waals surface area contributed by atoms with Crippen molar-refractivity contribution < 1.29 is 13.2 Å². The van der Waals surface area contributed by atoms with Gasteiger partial charge in [-0.05, 0) is 48.9 Å². The Hall–Kier alpha value is -2.83. The third-order valence-corrected chi connectivity index (χ3v) is 5.83. The minimum Gasteiger partial charge on any atom is -0.348 e. The Morgan fingerprint density at radius 1 is 0.929 bits per heavy atom. The van der Waals surface area contributed by atoms with Gasteiger partial charge < -0.3 is 5.32 Å². The highest BCUT2D eigenvalue weighted by molar-refractivity contribution is 7.92. The van der Waals surface area contributed by atoms with E-state index in [2.05, 4.69) is 10.0 Å². The molecule has 0 atom stereocenters. The summed E-state index contributed by atoms with van der Waals surface area (Å²) in [5, 5.41) is 3.12. The number of amides is 1. The molecule has 7 heteroatoms. The first kappa shape index (κ1) is 19.9. The van der Waals surface area contributed by atoms with Crippen LogP contribution >= 0.6 is 11.6 Å². The number of benzene rings is 3. The Morgan fingerprint density at radius 3 is 2.21 bits per heavy atom. The summed E-state index contributed by atoms with van der Waals surface area (Å²) in [5.74, 6) is -0.274. The maximum atomic E-state index is 12.5. The number of carbonyl (C=O) groups is 1. The second-order valence-corrected chi connectivity index (χ2v) is 8.37. The fourth-order valence-electron chi connectivity index (χ4n) is 2.52. The monoisotopic (exact) mass is 414 g/mol. The molecule has 0 spiro atoms. The van der Waals surface area contributed by atoms with E-state index in [0.717, 1.165) is 11.1 Å². The Balaban J connectivity index is 1.67. The van der Waals surface area contributed by atoms with Crippen LogP contribution in [0.4, 0.5) is 5.69 Å². The Morgan fingerprint density at radius 2 is 1.57 bits per heavy atom. The van der Waals surface area contributed by atoms with Crippen molar-refractivity contribution in [3.63, 3.8) is 0 Å². The lowest BCUT2D eigenvalue weighted by Crippen LogP contribution is -2.23. The molecule has 0 saturated heterocycles. The van der Waals surface area contributed by atoms with E-state index in [0.29, 0.717) is 22.8 Å². The fraction of sp³-hybridized carbons (Fsp3) is 0.0952. The number of hydrogen-bond acceptors (Lipinski definition) is 3. The van der Waals surface area contributed by atoms with E-state index in [9.17, 15) is 13.2 Å². The number of rotatable bonds is 6. The number of nitrogens with one attached hydrogen (secondary N) is 2. The molecule has 3 aromatic carbocycles. The lowest BCUT2D eigenvalue weighted by Gasteiger charge is -2.10. The van der Waals surface area contributed by atoms with Crippen LogP contribution in [-0.2, 0) is 16.6 Å². The van der Waals surface area contributed by atoms with Crippen molar-refractivity contribution in [2.24, 2.45) is 0 Å². The predicted molar refractivity (Wildman–Crippen MR) is 111 cm³/mol. The maximum Gasteiger partial charge on any atom is 0.261 e. The highest BCUT2D eigenvalue weighted by Gasteiger charge is 2.16. The molecule has 0 aliphatic rings. The van der Waals surface area contributed by atoms with Crippen LogP contribution in [0, 0.1) is 6.92 Å². The van der Waals surface area contributed by atoms with Crippen LogP contribution in [0.5, 0.6) is 0 Å². The highest BCUT2D eigenvalue weighted by Crippen LogP contribution is 2.24. The third kappa shape index (κ3) is 4.91. The van der Waals surface area contributed by atoms with Crippen molar-refractivity contribution in [2.75, 3.05) is 4.72 Å². The van der Waals surface area contributed by atoms with Gasteiger partial charge in [-0.25, -0.2) is 8.42 Å². The van der Waals surface area contributed by atoms with Crippen molar-refractivity contribution in [2.45, 2.75) is 18.4 Å². The van der Waals surface area contributed by atoms with Crippen LogP contribution < -0.4 is 10.0 Å². The zero-order valence-electron chi connectivity index (χ0n) is 15.1. The van der Waals surface area contributed by atoms with Crippen LogP contribution in [0.3, 0.4) is 0 Å². The normalized spacial score (nSPS) is 11.1. The van der Waals surface area contributed by atoms with E-state index in [4.69, 9.17) is 11.6 Å². The van der Waals surface area contributed by atoms with Gasteiger partial charge in [0.2, 0.25) is 0 Å². The van der Waals surface area contributed by atoms with E-state index < -0.39 is 10.0 Å². The molecule has 0 heterocycles. The fourth-order valence-corrected chi connectivity index (χ4v) is 3.84. The molecular weight excluding hydrogens is 396 g/mol. The number of para-hydroxylation sites is 1. The molecule has 3 rings (SSSR count). The standard InChI is InChI=1S/C21H19ClN2O3S/c1-15-6-8-16(9-7-15)14-23-21(25)17-10-12-18(13-11-17)28(26,27)24-20-5-3-2-4-19(20)22/h2-13,24H,14H2,1H3,(H,23,25). The third-order valence-electron chi connectivity index (χ3n) is 4.12. The van der Waals surface area contributed by atoms with Crippen LogP contribution in [0.15, 0.2) is 77.7 Å². The van der Waals surface area contributed by atoms with E-state index in [1.807, 2.05) is 31.2 Å². The van der Waals surface area contributed by atoms with E-state index in [1.165, 1.54) is 24.3 Å². The summed E-state index contributed by atoms with van der Waals surface area (Å²) < 4.78 is 27.4. The molecule has 0 aliphatic carbocycles. The number of sulfonamides is 1. The van der Waals surface area contributed by atoms with Crippen molar-refractivity contribution >= 4 is 33.2 Å². The Labute approximate surface area is 169 Å². The number of halogens is 1. The van der Waals surface area contributed by atoms with Gasteiger partial charge in [0.15, 0.2) is 0 Å². The predicted octanol–water partition coefficient (Wildman–Crippen LogP) is 4.38. The first-order valence-electron chi connectivity index (χ1n) is 8.56. The SMILES string of the molecule is Cc1ccc(CNC(=O)c2ccc(S(=O)(=O)Nc3ccccc3Cl)cc2)cc1. The summed E-state index contributed by atoms with van der Waals surface area (Å²) in [6.07, 6.45) is 0. The summed E-state index contributed by atoms with van der Waals surface area (Å²) >= 11 is 6.00. The first-order chi connectivity index (χ1) is 13.3. The number of carbonyl (C=O) groups excluding carboxylic acids is 1. The van der Waals surface area contributed by atoms with Gasteiger partial charge in [-0.3, -0.25) is 9.52 Å². The molecule has 28 heavy (non-hydrogen) atoms. The number of aryl methyl sites for hydroxylation is 1. The van der Waals surface area contributed by atoms with Crippen LogP contribution in [0.1, 0.15) is 21.5 Å². The molecule has 0 saturated carbocycles. The molecule has 0 aromatic heterocycles. The highest BCUT2D eigenvalue weighted by atomic mass is 35.5. The van der Waals surface area contributed by atoms with Gasteiger partial charge in [0.25, 0.3) is 15.9 Å². The Bertz CT molecular complexity index is 1080. The van der Waals surface area contributed by atoms with Crippen LogP contribution in [-0.4, -0.2) is 14.3 Å². The van der Waals surface area contributed by atoms with Gasteiger partial charge >= 0.3 is 0 Å². The van der Waals surface area contributed by atoms with E-state index >= 15 is 0 Å². The molecular formula is C21H19ClN2O3S. The molecule has 0 fully saturated rings. The van der Waals surface area contributed by atoms with E-state index in [-0.39, 0.29) is 10.8 Å². The zero-order chi connectivity index (χ0) is 20.1. The topological polar surface area (TPSA) is 75.3 Å². The van der Waals surface area contributed by atoms with Gasteiger partial charge in [-0.1, -0.05) is 53.6 Å². The largest absolute Gasteiger partial charge is 0.348 e. The summed E-state index contributed by atoms with van der Waals surface area (Å²) in [4.78, 5) is 12.3. The minimum atomic E-state index is -3.80. The van der Waals surface area contributed by atoms with Crippen molar-refractivity contribution in [3.8, 4) is 0 Å². The van der Waals surface area contributed by atoms with Gasteiger partial charge in [-0.2, -0.15) is 0 Å².